The molecule has 1 aliphatic heterocycles. The van der Waals surface area contributed by atoms with E-state index in [-0.39, 0.29) is 0 Å². The van der Waals surface area contributed by atoms with Crippen molar-refractivity contribution in [3.63, 3.8) is 0 Å². The van der Waals surface area contributed by atoms with Gasteiger partial charge in [0.2, 0.25) is 0 Å². The second kappa shape index (κ2) is 5.65. The maximum Gasteiger partial charge on any atom is 0.161 e. The van der Waals surface area contributed by atoms with Crippen LogP contribution in [-0.2, 0) is 6.54 Å². The van der Waals surface area contributed by atoms with Crippen LogP contribution in [-0.4, -0.2) is 34.9 Å². The van der Waals surface area contributed by atoms with Gasteiger partial charge in [-0.25, -0.2) is 9.50 Å². The predicted molar refractivity (Wildman–Crippen MR) is 94.5 cm³/mol. The highest BCUT2D eigenvalue weighted by Gasteiger charge is 2.27. The fourth-order valence-corrected chi connectivity index (χ4v) is 3.33. The molecule has 0 bridgehead atoms. The highest BCUT2D eigenvalue weighted by molar-refractivity contribution is 5.69. The number of ether oxygens (including phenoxy) is 2. The molecule has 0 spiro atoms. The van der Waals surface area contributed by atoms with Crippen LogP contribution in [0.25, 0.3) is 5.52 Å². The van der Waals surface area contributed by atoms with Gasteiger partial charge >= 0.3 is 0 Å². The molecular formula is C19H20N4O2. The molecule has 2 aromatic heterocycles. The van der Waals surface area contributed by atoms with E-state index in [4.69, 9.17) is 14.6 Å². The molecule has 1 fully saturated rings. The first kappa shape index (κ1) is 14.6. The summed E-state index contributed by atoms with van der Waals surface area (Å²) in [4.78, 5) is 6.74. The lowest BCUT2D eigenvalue weighted by Gasteiger charge is -2.22. The quantitative estimate of drug-likeness (QED) is 0.733. The Balaban J connectivity index is 1.44. The van der Waals surface area contributed by atoms with Gasteiger partial charge in [-0.15, -0.1) is 0 Å². The molecule has 3 aromatic rings. The first-order valence-corrected chi connectivity index (χ1v) is 8.72. The molecule has 6 heteroatoms. The standard InChI is InChI=1S/C19H20N4O2/c1-22(12-13-2-5-17-18(10-13)25-9-8-24-17)19-16-11-15(14-3-4-14)21-23(16)7-6-20-19/h2,5-7,10-11,14H,3-4,8-9,12H2,1H3. The van der Waals surface area contributed by atoms with E-state index in [1.165, 1.54) is 18.5 Å². The van der Waals surface area contributed by atoms with Crippen LogP contribution in [0.1, 0.15) is 30.0 Å². The lowest BCUT2D eigenvalue weighted by molar-refractivity contribution is 0.171. The lowest BCUT2D eigenvalue weighted by Crippen LogP contribution is -2.19. The van der Waals surface area contributed by atoms with E-state index >= 15 is 0 Å². The molecule has 0 radical (unpaired) electrons. The molecule has 3 heterocycles. The van der Waals surface area contributed by atoms with Crippen molar-refractivity contribution in [3.05, 3.63) is 47.9 Å². The zero-order valence-electron chi connectivity index (χ0n) is 14.2. The average Bonchev–Trinajstić information content (AvgIpc) is 3.40. The van der Waals surface area contributed by atoms with Gasteiger partial charge < -0.3 is 14.4 Å². The zero-order valence-corrected chi connectivity index (χ0v) is 14.2. The predicted octanol–water partition coefficient (Wildman–Crippen LogP) is 3.01. The first-order chi connectivity index (χ1) is 12.3. The number of fused-ring (bicyclic) bond motifs is 2. The normalized spacial score (nSPS) is 16.2. The molecule has 2 aliphatic rings. The monoisotopic (exact) mass is 336 g/mol. The fourth-order valence-electron chi connectivity index (χ4n) is 3.33. The number of rotatable bonds is 4. The number of hydrogen-bond donors (Lipinski definition) is 0. The zero-order chi connectivity index (χ0) is 16.8. The van der Waals surface area contributed by atoms with Crippen molar-refractivity contribution >= 4 is 11.3 Å². The van der Waals surface area contributed by atoms with Gasteiger partial charge in [0.15, 0.2) is 17.3 Å². The minimum absolute atomic E-state index is 0.604. The van der Waals surface area contributed by atoms with Crippen molar-refractivity contribution in [2.75, 3.05) is 25.2 Å². The van der Waals surface area contributed by atoms with Gasteiger partial charge in [0.25, 0.3) is 0 Å². The molecule has 0 atom stereocenters. The van der Waals surface area contributed by atoms with Crippen molar-refractivity contribution in [1.82, 2.24) is 14.6 Å². The minimum atomic E-state index is 0.604. The highest BCUT2D eigenvalue weighted by atomic mass is 16.6. The number of nitrogens with zero attached hydrogens (tertiary/aromatic N) is 4. The summed E-state index contributed by atoms with van der Waals surface area (Å²) in [5.41, 5.74) is 3.41. The molecule has 1 aliphatic carbocycles. The highest BCUT2D eigenvalue weighted by Crippen LogP contribution is 2.40. The third-order valence-electron chi connectivity index (χ3n) is 4.77. The van der Waals surface area contributed by atoms with Crippen LogP contribution in [0.2, 0.25) is 0 Å². The van der Waals surface area contributed by atoms with E-state index < -0.39 is 0 Å². The topological polar surface area (TPSA) is 51.9 Å². The maximum absolute atomic E-state index is 5.68. The number of benzene rings is 1. The summed E-state index contributed by atoms with van der Waals surface area (Å²) < 4.78 is 13.2. The van der Waals surface area contributed by atoms with Crippen LogP contribution in [0.15, 0.2) is 36.7 Å². The van der Waals surface area contributed by atoms with Crippen LogP contribution >= 0.6 is 0 Å². The van der Waals surface area contributed by atoms with E-state index in [0.717, 1.165) is 34.9 Å². The number of anilines is 1. The van der Waals surface area contributed by atoms with Crippen LogP contribution in [0.4, 0.5) is 5.82 Å². The smallest absolute Gasteiger partial charge is 0.161 e. The molecule has 0 amide bonds. The lowest BCUT2D eigenvalue weighted by atomic mass is 10.2. The third kappa shape index (κ3) is 2.67. The largest absolute Gasteiger partial charge is 0.486 e. The van der Waals surface area contributed by atoms with Crippen LogP contribution in [0.3, 0.4) is 0 Å². The van der Waals surface area contributed by atoms with Crippen LogP contribution in [0.5, 0.6) is 11.5 Å². The van der Waals surface area contributed by atoms with Crippen LogP contribution in [0, 0.1) is 0 Å². The number of aromatic nitrogens is 3. The first-order valence-electron chi connectivity index (χ1n) is 8.72. The third-order valence-corrected chi connectivity index (χ3v) is 4.77. The summed E-state index contributed by atoms with van der Waals surface area (Å²) in [6.07, 6.45) is 6.23. The van der Waals surface area contributed by atoms with Crippen molar-refractivity contribution in [2.24, 2.45) is 0 Å². The molecule has 1 saturated carbocycles. The Morgan fingerprint density at radius 2 is 2.00 bits per heavy atom. The second-order valence-corrected chi connectivity index (χ2v) is 6.76. The molecule has 0 N–H and O–H groups in total. The van der Waals surface area contributed by atoms with Crippen molar-refractivity contribution in [1.29, 1.82) is 0 Å². The average molecular weight is 336 g/mol. The Hall–Kier alpha value is -2.76. The summed E-state index contributed by atoms with van der Waals surface area (Å²) in [7, 11) is 2.06. The van der Waals surface area contributed by atoms with Gasteiger partial charge in [-0.2, -0.15) is 5.10 Å². The van der Waals surface area contributed by atoms with E-state index in [1.807, 2.05) is 23.0 Å². The van der Waals surface area contributed by atoms with Gasteiger partial charge in [-0.1, -0.05) is 6.07 Å². The molecule has 5 rings (SSSR count). The molecule has 25 heavy (non-hydrogen) atoms. The maximum atomic E-state index is 5.68. The number of hydrogen-bond acceptors (Lipinski definition) is 5. The second-order valence-electron chi connectivity index (χ2n) is 6.76. The summed E-state index contributed by atoms with van der Waals surface area (Å²) in [5.74, 6) is 3.22. The van der Waals surface area contributed by atoms with Gasteiger partial charge in [0.1, 0.15) is 18.7 Å². The Bertz CT molecular complexity index is 932. The Morgan fingerprint density at radius 1 is 1.16 bits per heavy atom. The van der Waals surface area contributed by atoms with E-state index in [1.54, 1.807) is 0 Å². The van der Waals surface area contributed by atoms with Gasteiger partial charge in [0.05, 0.1) is 5.69 Å². The van der Waals surface area contributed by atoms with Gasteiger partial charge in [0, 0.05) is 31.9 Å². The van der Waals surface area contributed by atoms with Crippen LogP contribution < -0.4 is 14.4 Å². The molecule has 6 nitrogen and oxygen atoms in total. The van der Waals surface area contributed by atoms with Gasteiger partial charge in [-0.05, 0) is 36.6 Å². The molecule has 1 aromatic carbocycles. The van der Waals surface area contributed by atoms with Crippen molar-refractivity contribution < 1.29 is 9.47 Å². The van der Waals surface area contributed by atoms with E-state index in [0.29, 0.717) is 19.1 Å². The summed E-state index contributed by atoms with van der Waals surface area (Å²) >= 11 is 0. The van der Waals surface area contributed by atoms with Gasteiger partial charge in [-0.3, -0.25) is 0 Å². The minimum Gasteiger partial charge on any atom is -0.486 e. The van der Waals surface area contributed by atoms with Crippen molar-refractivity contribution in [3.8, 4) is 11.5 Å². The summed E-state index contributed by atoms with van der Waals surface area (Å²) in [6.45, 7) is 1.96. The Labute approximate surface area is 146 Å². The molecule has 0 saturated heterocycles. The van der Waals surface area contributed by atoms with Crippen molar-refractivity contribution in [2.45, 2.75) is 25.3 Å². The molecular weight excluding hydrogens is 316 g/mol. The summed E-state index contributed by atoms with van der Waals surface area (Å²) in [6, 6.07) is 8.29. The Morgan fingerprint density at radius 3 is 2.84 bits per heavy atom. The summed E-state index contributed by atoms with van der Waals surface area (Å²) in [5, 5.41) is 4.70. The van der Waals surface area contributed by atoms with E-state index in [9.17, 15) is 0 Å². The Kier molecular flexibility index (Phi) is 3.29. The molecule has 128 valence electrons. The molecule has 0 unspecified atom stereocenters. The van der Waals surface area contributed by atoms with E-state index in [2.05, 4.69) is 35.1 Å². The fraction of sp³-hybridized carbons (Fsp3) is 0.368. The SMILES string of the molecule is CN(Cc1ccc2c(c1)OCCO2)c1nccn2nc(C3CC3)cc12.